The van der Waals surface area contributed by atoms with Crippen molar-refractivity contribution in [2.24, 2.45) is 11.8 Å². The average Bonchev–Trinajstić information content (AvgIpc) is 2.72. The molecule has 3 rings (SSSR count). The van der Waals surface area contributed by atoms with Crippen molar-refractivity contribution in [3.05, 3.63) is 42.2 Å². The molecule has 1 aromatic rings. The third kappa shape index (κ3) is 5.41. The topological polar surface area (TPSA) is 62.3 Å². The molecule has 1 aliphatic heterocycles. The first-order valence-electron chi connectivity index (χ1n) is 9.82. The van der Waals surface area contributed by atoms with Gasteiger partial charge in [-0.15, -0.1) is 0 Å². The maximum Gasteiger partial charge on any atom is 0.226 e. The third-order valence-electron chi connectivity index (χ3n) is 5.50. The van der Waals surface area contributed by atoms with Gasteiger partial charge in [-0.3, -0.25) is 14.6 Å². The van der Waals surface area contributed by atoms with Crippen LogP contribution in [0.25, 0.3) is 0 Å². The van der Waals surface area contributed by atoms with Gasteiger partial charge in [-0.25, -0.2) is 0 Å². The van der Waals surface area contributed by atoms with Gasteiger partial charge in [-0.1, -0.05) is 18.2 Å². The highest BCUT2D eigenvalue weighted by Gasteiger charge is 2.28. The van der Waals surface area contributed by atoms with Gasteiger partial charge in [0.25, 0.3) is 0 Å². The highest BCUT2D eigenvalue weighted by molar-refractivity contribution is 5.79. The van der Waals surface area contributed by atoms with Gasteiger partial charge in [0.05, 0.1) is 0 Å². The van der Waals surface area contributed by atoms with Crippen LogP contribution in [0.3, 0.4) is 0 Å². The minimum Gasteiger partial charge on any atom is -0.356 e. The fourth-order valence-corrected chi connectivity index (χ4v) is 3.78. The normalized spacial score (nSPS) is 20.8. The van der Waals surface area contributed by atoms with Crippen LogP contribution in [-0.2, 0) is 16.0 Å². The minimum absolute atomic E-state index is 0.0985. The lowest BCUT2D eigenvalue weighted by Crippen LogP contribution is -2.44. The molecule has 1 N–H and O–H groups in total. The summed E-state index contributed by atoms with van der Waals surface area (Å²) in [7, 11) is 0. The van der Waals surface area contributed by atoms with Crippen molar-refractivity contribution in [1.29, 1.82) is 0 Å². The molecule has 5 heteroatoms. The number of nitrogens with one attached hydrogen (secondary N) is 1. The third-order valence-corrected chi connectivity index (χ3v) is 5.50. The van der Waals surface area contributed by atoms with Gasteiger partial charge >= 0.3 is 0 Å². The van der Waals surface area contributed by atoms with E-state index in [0.29, 0.717) is 18.2 Å². The number of amides is 2. The molecule has 5 nitrogen and oxygen atoms in total. The molecule has 2 heterocycles. The van der Waals surface area contributed by atoms with E-state index in [-0.39, 0.29) is 11.8 Å². The Morgan fingerprint density at radius 3 is 2.73 bits per heavy atom. The first-order chi connectivity index (χ1) is 12.7. The Balaban J connectivity index is 1.33. The molecule has 0 spiro atoms. The number of likely N-dealkylation sites (tertiary alicyclic amines) is 1. The lowest BCUT2D eigenvalue weighted by atomic mass is 9.91. The summed E-state index contributed by atoms with van der Waals surface area (Å²) in [6.07, 6.45) is 14.0. The summed E-state index contributed by atoms with van der Waals surface area (Å²) in [6.45, 7) is 2.38. The maximum absolute atomic E-state index is 12.6. The largest absolute Gasteiger partial charge is 0.356 e. The number of rotatable bonds is 6. The van der Waals surface area contributed by atoms with E-state index < -0.39 is 0 Å². The molecule has 0 saturated carbocycles. The molecule has 1 saturated heterocycles. The number of hydrogen-bond acceptors (Lipinski definition) is 3. The van der Waals surface area contributed by atoms with Crippen LogP contribution < -0.4 is 5.32 Å². The number of piperidine rings is 1. The molecule has 0 bridgehead atoms. The molecule has 0 aromatic carbocycles. The number of aromatic nitrogens is 1. The van der Waals surface area contributed by atoms with Crippen LogP contribution >= 0.6 is 0 Å². The molecular weight excluding hydrogens is 326 g/mol. The zero-order chi connectivity index (χ0) is 18.2. The number of carbonyl (C=O) groups excluding carboxylic acids is 2. The fourth-order valence-electron chi connectivity index (χ4n) is 3.78. The summed E-state index contributed by atoms with van der Waals surface area (Å²) in [4.78, 5) is 30.7. The minimum atomic E-state index is 0.0985. The van der Waals surface area contributed by atoms with Crippen LogP contribution in [0.1, 0.15) is 44.1 Å². The Labute approximate surface area is 155 Å². The second-order valence-corrected chi connectivity index (χ2v) is 7.42. The number of nitrogens with zero attached hydrogens (tertiary/aromatic N) is 2. The van der Waals surface area contributed by atoms with Crippen LogP contribution in [0.15, 0.2) is 36.7 Å². The van der Waals surface area contributed by atoms with E-state index in [1.54, 1.807) is 6.20 Å². The molecule has 1 aliphatic carbocycles. The molecule has 140 valence electrons. The molecule has 1 unspecified atom stereocenters. The van der Waals surface area contributed by atoms with Crippen LogP contribution in [0.5, 0.6) is 0 Å². The van der Waals surface area contributed by atoms with Crippen molar-refractivity contribution in [3.8, 4) is 0 Å². The van der Waals surface area contributed by atoms with E-state index in [1.165, 1.54) is 0 Å². The number of allylic oxidation sites excluding steroid dienone is 2. The number of hydrogen-bond donors (Lipinski definition) is 1. The number of pyridine rings is 1. The summed E-state index contributed by atoms with van der Waals surface area (Å²) in [6, 6.07) is 3.89. The van der Waals surface area contributed by atoms with Crippen molar-refractivity contribution < 1.29 is 9.59 Å². The average molecular weight is 355 g/mol. The van der Waals surface area contributed by atoms with E-state index in [2.05, 4.69) is 22.5 Å². The Hall–Kier alpha value is -2.17. The summed E-state index contributed by atoms with van der Waals surface area (Å²) in [5.41, 5.74) is 1.09. The second-order valence-electron chi connectivity index (χ2n) is 7.42. The van der Waals surface area contributed by atoms with Gasteiger partial charge in [0.1, 0.15) is 0 Å². The maximum atomic E-state index is 12.6. The zero-order valence-corrected chi connectivity index (χ0v) is 15.4. The van der Waals surface area contributed by atoms with E-state index >= 15 is 0 Å². The Bertz CT molecular complexity index is 621. The van der Waals surface area contributed by atoms with Gasteiger partial charge in [0.15, 0.2) is 0 Å². The number of carbonyl (C=O) groups is 2. The Kier molecular flexibility index (Phi) is 6.81. The molecule has 1 fully saturated rings. The standard InChI is InChI=1S/C21H29N3O2/c25-20(9-8-17-5-4-12-22-15-17)23-16-18-10-13-24(14-11-18)21(26)19-6-2-1-3-7-19/h1-2,4-5,12,15,18-19H,3,6-11,13-14,16H2,(H,23,25). The van der Waals surface area contributed by atoms with E-state index in [4.69, 9.17) is 0 Å². The first-order valence-corrected chi connectivity index (χ1v) is 9.82. The van der Waals surface area contributed by atoms with E-state index in [9.17, 15) is 9.59 Å². The monoisotopic (exact) mass is 355 g/mol. The summed E-state index contributed by atoms with van der Waals surface area (Å²) >= 11 is 0. The second kappa shape index (κ2) is 9.51. The molecule has 1 atom stereocenters. The summed E-state index contributed by atoms with van der Waals surface area (Å²) < 4.78 is 0. The highest BCUT2D eigenvalue weighted by Crippen LogP contribution is 2.24. The summed E-state index contributed by atoms with van der Waals surface area (Å²) in [5, 5.41) is 3.06. The van der Waals surface area contributed by atoms with Crippen molar-refractivity contribution in [2.45, 2.75) is 44.9 Å². The highest BCUT2D eigenvalue weighted by atomic mass is 16.2. The molecule has 0 radical (unpaired) electrons. The molecular formula is C21H29N3O2. The van der Waals surface area contributed by atoms with Gasteiger partial charge < -0.3 is 10.2 Å². The fraction of sp³-hybridized carbons (Fsp3) is 0.571. The smallest absolute Gasteiger partial charge is 0.226 e. The SMILES string of the molecule is O=C(CCc1cccnc1)NCC1CCN(C(=O)C2CC=CCC2)CC1. The molecule has 1 aromatic heterocycles. The summed E-state index contributed by atoms with van der Waals surface area (Å²) in [5.74, 6) is 1.09. The lowest BCUT2D eigenvalue weighted by Gasteiger charge is -2.34. The van der Waals surface area contributed by atoms with Crippen molar-refractivity contribution in [2.75, 3.05) is 19.6 Å². The van der Waals surface area contributed by atoms with Gasteiger partial charge in [0.2, 0.25) is 11.8 Å². The molecule has 2 aliphatic rings. The van der Waals surface area contributed by atoms with Crippen LogP contribution in [0.4, 0.5) is 0 Å². The Morgan fingerprint density at radius 1 is 1.19 bits per heavy atom. The predicted octanol–water partition coefficient (Wildman–Crippen LogP) is 2.73. The first kappa shape index (κ1) is 18.6. The van der Waals surface area contributed by atoms with Crippen LogP contribution in [-0.4, -0.2) is 41.3 Å². The lowest BCUT2D eigenvalue weighted by molar-refractivity contribution is -0.137. The van der Waals surface area contributed by atoms with Gasteiger partial charge in [-0.2, -0.15) is 0 Å². The predicted molar refractivity (Wildman–Crippen MR) is 101 cm³/mol. The Morgan fingerprint density at radius 2 is 2.04 bits per heavy atom. The van der Waals surface area contributed by atoms with Crippen LogP contribution in [0.2, 0.25) is 0 Å². The van der Waals surface area contributed by atoms with Gasteiger partial charge in [0, 0.05) is 44.4 Å². The van der Waals surface area contributed by atoms with Crippen LogP contribution in [0, 0.1) is 11.8 Å². The molecule has 2 amide bonds. The van der Waals surface area contributed by atoms with Crippen molar-refractivity contribution in [3.63, 3.8) is 0 Å². The molecule has 26 heavy (non-hydrogen) atoms. The zero-order valence-electron chi connectivity index (χ0n) is 15.4. The van der Waals surface area contributed by atoms with E-state index in [0.717, 1.165) is 63.7 Å². The van der Waals surface area contributed by atoms with Crippen molar-refractivity contribution in [1.82, 2.24) is 15.2 Å². The van der Waals surface area contributed by atoms with Crippen molar-refractivity contribution >= 4 is 11.8 Å². The van der Waals surface area contributed by atoms with Gasteiger partial charge in [-0.05, 0) is 56.1 Å². The number of aryl methyl sites for hydroxylation is 1. The van der Waals surface area contributed by atoms with E-state index in [1.807, 2.05) is 23.2 Å². The quantitative estimate of drug-likeness (QED) is 0.798.